The highest BCUT2D eigenvalue weighted by Crippen LogP contribution is 2.24. The number of aromatic hydroxyl groups is 1. The molecule has 0 aliphatic rings. The highest BCUT2D eigenvalue weighted by atomic mass is 32.2. The van der Waals surface area contributed by atoms with Crippen LogP contribution in [0.2, 0.25) is 0 Å². The quantitative estimate of drug-likeness (QED) is 0.237. The van der Waals surface area contributed by atoms with Crippen molar-refractivity contribution in [3.05, 3.63) is 48.5 Å². The maximum atomic E-state index is 12.6. The Bertz CT molecular complexity index is 871. The van der Waals surface area contributed by atoms with Crippen LogP contribution in [0.4, 0.5) is 0 Å². The van der Waals surface area contributed by atoms with Gasteiger partial charge in [-0.2, -0.15) is 0 Å². The summed E-state index contributed by atoms with van der Waals surface area (Å²) in [7, 11) is -3.68. The molecule has 0 atom stereocenters. The largest absolute Gasteiger partial charge is 0.508 e. The first-order chi connectivity index (χ1) is 14.4. The first-order valence-corrected chi connectivity index (χ1v) is 12.3. The summed E-state index contributed by atoms with van der Waals surface area (Å²) in [5, 5.41) is 9.31. The molecule has 6 heteroatoms. The van der Waals surface area contributed by atoms with Gasteiger partial charge in [0.05, 0.1) is 9.79 Å². The Morgan fingerprint density at radius 2 is 1.23 bits per heavy atom. The minimum Gasteiger partial charge on any atom is -0.508 e. The molecule has 5 nitrogen and oxygen atoms in total. The Balaban J connectivity index is 1.73. The number of ether oxygens (including phenoxy) is 1. The molecule has 1 N–H and O–H groups in total. The number of carbonyl (C=O) groups excluding carboxylic acids is 1. The van der Waals surface area contributed by atoms with Gasteiger partial charge in [-0.1, -0.05) is 58.3 Å². The lowest BCUT2D eigenvalue weighted by atomic mass is 10.1. The number of phenolic OH excluding ortho intramolecular Hbond substituents is 1. The number of hydrogen-bond donors (Lipinski definition) is 1. The van der Waals surface area contributed by atoms with Gasteiger partial charge in [-0.25, -0.2) is 8.42 Å². The van der Waals surface area contributed by atoms with Crippen molar-refractivity contribution in [1.29, 1.82) is 0 Å². The van der Waals surface area contributed by atoms with Crippen LogP contribution in [0.15, 0.2) is 58.3 Å². The summed E-state index contributed by atoms with van der Waals surface area (Å²) < 4.78 is 30.5. The minimum atomic E-state index is -3.68. The molecule has 0 unspecified atom stereocenters. The zero-order valence-corrected chi connectivity index (χ0v) is 18.5. The summed E-state index contributed by atoms with van der Waals surface area (Å²) in [6.45, 7) is 2.22. The lowest BCUT2D eigenvalue weighted by Crippen LogP contribution is -2.08. The zero-order chi connectivity index (χ0) is 21.8. The van der Waals surface area contributed by atoms with Crippen molar-refractivity contribution < 1.29 is 23.1 Å². The van der Waals surface area contributed by atoms with Gasteiger partial charge >= 0.3 is 5.97 Å². The summed E-state index contributed by atoms with van der Waals surface area (Å²) in [6.07, 6.45) is 11.0. The fourth-order valence-electron chi connectivity index (χ4n) is 3.21. The van der Waals surface area contributed by atoms with E-state index in [-0.39, 0.29) is 21.5 Å². The smallest absolute Gasteiger partial charge is 0.311 e. The molecule has 0 saturated carbocycles. The third kappa shape index (κ3) is 7.82. The highest BCUT2D eigenvalue weighted by Gasteiger charge is 2.17. The van der Waals surface area contributed by atoms with Crippen LogP contribution in [-0.4, -0.2) is 19.5 Å². The summed E-state index contributed by atoms with van der Waals surface area (Å²) in [5.41, 5.74) is 0. The number of unbranched alkanes of at least 4 members (excludes halogenated alkanes) is 8. The first kappa shape index (κ1) is 23.9. The van der Waals surface area contributed by atoms with Crippen molar-refractivity contribution in [2.75, 3.05) is 0 Å². The molecular formula is C24H32O5S. The maximum absolute atomic E-state index is 12.6. The van der Waals surface area contributed by atoms with Gasteiger partial charge < -0.3 is 9.84 Å². The molecule has 0 bridgehead atoms. The molecule has 0 aliphatic heterocycles. The van der Waals surface area contributed by atoms with E-state index in [1.807, 2.05) is 0 Å². The molecule has 30 heavy (non-hydrogen) atoms. The maximum Gasteiger partial charge on any atom is 0.311 e. The van der Waals surface area contributed by atoms with Crippen molar-refractivity contribution in [3.8, 4) is 11.5 Å². The number of esters is 1. The molecular weight excluding hydrogens is 400 g/mol. The van der Waals surface area contributed by atoms with Crippen molar-refractivity contribution in [3.63, 3.8) is 0 Å². The molecule has 0 aliphatic carbocycles. The number of hydrogen-bond acceptors (Lipinski definition) is 5. The van der Waals surface area contributed by atoms with Crippen LogP contribution in [0.3, 0.4) is 0 Å². The monoisotopic (exact) mass is 432 g/mol. The van der Waals surface area contributed by atoms with Crippen molar-refractivity contribution in [2.24, 2.45) is 0 Å². The number of sulfone groups is 1. The fraction of sp³-hybridized carbons (Fsp3) is 0.458. The van der Waals surface area contributed by atoms with Crippen LogP contribution in [0.5, 0.6) is 11.5 Å². The Morgan fingerprint density at radius 1 is 0.767 bits per heavy atom. The van der Waals surface area contributed by atoms with Crippen LogP contribution in [0.25, 0.3) is 0 Å². The van der Waals surface area contributed by atoms with E-state index in [9.17, 15) is 18.3 Å². The molecule has 0 aromatic heterocycles. The molecule has 2 aromatic rings. The van der Waals surface area contributed by atoms with E-state index in [1.54, 1.807) is 0 Å². The van der Waals surface area contributed by atoms with Gasteiger partial charge in [0.15, 0.2) is 0 Å². The SMILES string of the molecule is CCCCCCCCCCCC(=O)Oc1ccc(S(=O)(=O)c2ccc(O)cc2)cc1. The van der Waals surface area contributed by atoms with Crippen LogP contribution in [-0.2, 0) is 14.6 Å². The fourth-order valence-corrected chi connectivity index (χ4v) is 4.47. The van der Waals surface area contributed by atoms with Crippen molar-refractivity contribution >= 4 is 15.8 Å². The third-order valence-electron chi connectivity index (χ3n) is 5.00. The van der Waals surface area contributed by atoms with Gasteiger partial charge in [0.2, 0.25) is 9.84 Å². The summed E-state index contributed by atoms with van der Waals surface area (Å²) >= 11 is 0. The van der Waals surface area contributed by atoms with Gasteiger partial charge in [-0.3, -0.25) is 4.79 Å². The molecule has 2 aromatic carbocycles. The molecule has 2 rings (SSSR count). The lowest BCUT2D eigenvalue weighted by molar-refractivity contribution is -0.134. The first-order valence-electron chi connectivity index (χ1n) is 10.8. The summed E-state index contributed by atoms with van der Waals surface area (Å²) in [5.74, 6) is 0.0378. The molecule has 0 radical (unpaired) electrons. The number of phenols is 1. The topological polar surface area (TPSA) is 80.7 Å². The van der Waals surface area contributed by atoms with Crippen LogP contribution in [0, 0.1) is 0 Å². The summed E-state index contributed by atoms with van der Waals surface area (Å²) in [4.78, 5) is 12.2. The highest BCUT2D eigenvalue weighted by molar-refractivity contribution is 7.91. The number of rotatable bonds is 13. The van der Waals surface area contributed by atoms with E-state index >= 15 is 0 Å². The molecule has 164 valence electrons. The normalized spacial score (nSPS) is 11.4. The van der Waals surface area contributed by atoms with Gasteiger partial charge in [-0.05, 0) is 55.0 Å². The Labute approximate surface area is 180 Å². The van der Waals surface area contributed by atoms with Crippen LogP contribution >= 0.6 is 0 Å². The van der Waals surface area contributed by atoms with E-state index in [0.29, 0.717) is 12.2 Å². The Hall–Kier alpha value is -2.34. The number of carbonyl (C=O) groups is 1. The van der Waals surface area contributed by atoms with Crippen molar-refractivity contribution in [2.45, 2.75) is 80.9 Å². The average Bonchev–Trinajstić information content (AvgIpc) is 2.73. The molecule has 0 saturated heterocycles. The molecule has 0 heterocycles. The van der Waals surface area contributed by atoms with Gasteiger partial charge in [0, 0.05) is 6.42 Å². The van der Waals surface area contributed by atoms with Crippen LogP contribution in [0.1, 0.15) is 71.1 Å². The lowest BCUT2D eigenvalue weighted by Gasteiger charge is -2.07. The van der Waals surface area contributed by atoms with Gasteiger partial charge in [-0.15, -0.1) is 0 Å². The van der Waals surface area contributed by atoms with E-state index in [1.165, 1.54) is 87.1 Å². The van der Waals surface area contributed by atoms with Crippen molar-refractivity contribution in [1.82, 2.24) is 0 Å². The van der Waals surface area contributed by atoms with Gasteiger partial charge in [0.1, 0.15) is 11.5 Å². The molecule has 0 spiro atoms. The third-order valence-corrected chi connectivity index (χ3v) is 6.78. The summed E-state index contributed by atoms with van der Waals surface area (Å²) in [6, 6.07) is 11.2. The Kier molecular flexibility index (Phi) is 9.87. The standard InChI is InChI=1S/C24H32O5S/c1-2-3-4-5-6-7-8-9-10-11-24(26)29-21-14-18-23(19-15-21)30(27,28)22-16-12-20(25)13-17-22/h12-19,25H,2-11H2,1H3. The van der Waals surface area contributed by atoms with E-state index in [4.69, 9.17) is 4.74 Å². The molecule has 0 amide bonds. The minimum absolute atomic E-state index is 0.00295. The van der Waals surface area contributed by atoms with E-state index in [0.717, 1.165) is 19.3 Å². The Morgan fingerprint density at radius 3 is 1.77 bits per heavy atom. The second-order valence-electron chi connectivity index (χ2n) is 7.52. The second kappa shape index (κ2) is 12.4. The van der Waals surface area contributed by atoms with E-state index < -0.39 is 9.84 Å². The number of benzene rings is 2. The predicted octanol–water partition coefficient (Wildman–Crippen LogP) is 6.05. The second-order valence-corrected chi connectivity index (χ2v) is 9.47. The predicted molar refractivity (Wildman–Crippen MR) is 117 cm³/mol. The zero-order valence-electron chi connectivity index (χ0n) is 17.7. The van der Waals surface area contributed by atoms with Gasteiger partial charge in [0.25, 0.3) is 0 Å². The molecule has 0 fully saturated rings. The average molecular weight is 433 g/mol. The van der Waals surface area contributed by atoms with E-state index in [2.05, 4.69) is 6.92 Å². The van der Waals surface area contributed by atoms with Crippen LogP contribution < -0.4 is 4.74 Å².